The van der Waals surface area contributed by atoms with Gasteiger partial charge < -0.3 is 10.2 Å². The van der Waals surface area contributed by atoms with Crippen LogP contribution in [0.15, 0.2) is 24.3 Å². The van der Waals surface area contributed by atoms with Gasteiger partial charge in [0.2, 0.25) is 0 Å². The zero-order chi connectivity index (χ0) is 19.6. The van der Waals surface area contributed by atoms with E-state index >= 15 is 0 Å². The van der Waals surface area contributed by atoms with Crippen LogP contribution in [0.1, 0.15) is 47.6 Å². The minimum Gasteiger partial charge on any atom is -0.343 e. The Morgan fingerprint density at radius 2 is 2.11 bits per heavy atom. The summed E-state index contributed by atoms with van der Waals surface area (Å²) in [5.41, 5.74) is 4.05. The third-order valence-electron chi connectivity index (χ3n) is 5.03. The highest BCUT2D eigenvalue weighted by Gasteiger charge is 2.29. The molecule has 1 unspecified atom stereocenters. The predicted molar refractivity (Wildman–Crippen MR) is 109 cm³/mol. The highest BCUT2D eigenvalue weighted by Crippen LogP contribution is 2.27. The van der Waals surface area contributed by atoms with Crippen molar-refractivity contribution in [1.29, 1.82) is 0 Å². The number of hydrogen-bond donors (Lipinski definition) is 1. The molecule has 1 aliphatic carbocycles. The van der Waals surface area contributed by atoms with Gasteiger partial charge in [-0.1, -0.05) is 43.6 Å². The molecule has 0 saturated heterocycles. The zero-order valence-electron chi connectivity index (χ0n) is 16.6. The first-order valence-electron chi connectivity index (χ1n) is 9.63. The summed E-state index contributed by atoms with van der Waals surface area (Å²) in [7, 11) is 3.57. The number of hydrogen-bond acceptors (Lipinski definition) is 3. The molecule has 1 aromatic heterocycles. The standard InChI is InChI=1S/C21H29ClN4O/c1-14(2)13-26-19-10-9-16(23-12-15-7-5-6-8-18(15)22)11-17(19)20(24-26)21(27)25(3)4/h5-8,14,16,23H,9-13H2,1-4H3. The van der Waals surface area contributed by atoms with Crippen LogP contribution in [-0.2, 0) is 25.9 Å². The molecule has 1 N–H and O–H groups in total. The van der Waals surface area contributed by atoms with E-state index in [1.165, 1.54) is 5.69 Å². The van der Waals surface area contributed by atoms with Crippen molar-refractivity contribution in [1.82, 2.24) is 20.0 Å². The number of halogens is 1. The lowest BCUT2D eigenvalue weighted by atomic mass is 9.90. The van der Waals surface area contributed by atoms with E-state index in [-0.39, 0.29) is 5.91 Å². The molecule has 5 nitrogen and oxygen atoms in total. The lowest BCUT2D eigenvalue weighted by molar-refractivity contribution is 0.0819. The van der Waals surface area contributed by atoms with Gasteiger partial charge >= 0.3 is 0 Å². The zero-order valence-corrected chi connectivity index (χ0v) is 17.4. The SMILES string of the molecule is CC(C)Cn1nc(C(=O)N(C)C)c2c1CCC(NCc1ccccc1Cl)C2. The van der Waals surface area contributed by atoms with Gasteiger partial charge in [-0.2, -0.15) is 5.10 Å². The van der Waals surface area contributed by atoms with E-state index in [1.807, 2.05) is 24.3 Å². The summed E-state index contributed by atoms with van der Waals surface area (Å²) in [5.74, 6) is 0.480. The smallest absolute Gasteiger partial charge is 0.274 e. The van der Waals surface area contributed by atoms with E-state index in [0.29, 0.717) is 17.7 Å². The van der Waals surface area contributed by atoms with Crippen molar-refractivity contribution in [2.45, 2.75) is 52.2 Å². The first-order chi connectivity index (χ1) is 12.9. The predicted octanol–water partition coefficient (Wildman–Crippen LogP) is 3.54. The summed E-state index contributed by atoms with van der Waals surface area (Å²) in [6.07, 6.45) is 2.81. The van der Waals surface area contributed by atoms with Crippen LogP contribution in [0.5, 0.6) is 0 Å². The van der Waals surface area contributed by atoms with Crippen LogP contribution in [-0.4, -0.2) is 40.7 Å². The van der Waals surface area contributed by atoms with E-state index < -0.39 is 0 Å². The molecule has 0 saturated carbocycles. The van der Waals surface area contributed by atoms with E-state index in [9.17, 15) is 4.79 Å². The van der Waals surface area contributed by atoms with Crippen LogP contribution < -0.4 is 5.32 Å². The molecule has 0 spiro atoms. The summed E-state index contributed by atoms with van der Waals surface area (Å²) in [6, 6.07) is 8.23. The van der Waals surface area contributed by atoms with Crippen LogP contribution >= 0.6 is 11.6 Å². The first-order valence-corrected chi connectivity index (χ1v) is 10.0. The second-order valence-corrected chi connectivity index (χ2v) is 8.37. The van der Waals surface area contributed by atoms with Crippen LogP contribution in [0.4, 0.5) is 0 Å². The van der Waals surface area contributed by atoms with Crippen molar-refractivity contribution in [3.8, 4) is 0 Å². The number of amides is 1. The van der Waals surface area contributed by atoms with Gasteiger partial charge in [0.15, 0.2) is 5.69 Å². The molecule has 1 atom stereocenters. The average Bonchev–Trinajstić information content (AvgIpc) is 2.97. The maximum atomic E-state index is 12.7. The molecule has 1 aliphatic rings. The van der Waals surface area contributed by atoms with Gasteiger partial charge in [-0.15, -0.1) is 0 Å². The minimum atomic E-state index is -0.0134. The molecule has 2 aromatic rings. The fourth-order valence-electron chi connectivity index (χ4n) is 3.64. The highest BCUT2D eigenvalue weighted by atomic mass is 35.5. The van der Waals surface area contributed by atoms with Crippen LogP contribution in [0.2, 0.25) is 5.02 Å². The molecule has 27 heavy (non-hydrogen) atoms. The number of carbonyl (C=O) groups excluding carboxylic acids is 1. The van der Waals surface area contributed by atoms with Crippen LogP contribution in [0.25, 0.3) is 0 Å². The summed E-state index contributed by atoms with van der Waals surface area (Å²) in [6.45, 7) is 5.94. The monoisotopic (exact) mass is 388 g/mol. The van der Waals surface area contributed by atoms with Crippen molar-refractivity contribution in [2.75, 3.05) is 14.1 Å². The third kappa shape index (κ3) is 4.53. The molecule has 1 heterocycles. The van der Waals surface area contributed by atoms with Gasteiger partial charge in [0.25, 0.3) is 5.91 Å². The Labute approximate surface area is 166 Å². The lowest BCUT2D eigenvalue weighted by Crippen LogP contribution is -2.35. The van der Waals surface area contributed by atoms with Crippen LogP contribution in [0, 0.1) is 5.92 Å². The average molecular weight is 389 g/mol. The number of nitrogens with zero attached hydrogens (tertiary/aromatic N) is 3. The topological polar surface area (TPSA) is 50.2 Å². The summed E-state index contributed by atoms with van der Waals surface area (Å²) in [5, 5.41) is 9.10. The van der Waals surface area contributed by atoms with Gasteiger partial charge in [-0.3, -0.25) is 9.48 Å². The quantitative estimate of drug-likeness (QED) is 0.823. The van der Waals surface area contributed by atoms with E-state index in [2.05, 4.69) is 23.8 Å². The molecule has 6 heteroatoms. The lowest BCUT2D eigenvalue weighted by Gasteiger charge is -2.25. The van der Waals surface area contributed by atoms with Gasteiger partial charge in [-0.05, 0) is 36.8 Å². The largest absolute Gasteiger partial charge is 0.343 e. The second kappa shape index (κ2) is 8.44. The summed E-state index contributed by atoms with van der Waals surface area (Å²) in [4.78, 5) is 14.3. The maximum Gasteiger partial charge on any atom is 0.274 e. The molecular formula is C21H29ClN4O. The van der Waals surface area contributed by atoms with Crippen LogP contribution in [0.3, 0.4) is 0 Å². The minimum absolute atomic E-state index is 0.0134. The normalized spacial score (nSPS) is 16.4. The number of aromatic nitrogens is 2. The Balaban J connectivity index is 1.79. The van der Waals surface area contributed by atoms with E-state index in [1.54, 1.807) is 19.0 Å². The molecular weight excluding hydrogens is 360 g/mol. The van der Waals surface area contributed by atoms with Crippen molar-refractivity contribution in [3.05, 3.63) is 51.8 Å². The Morgan fingerprint density at radius 1 is 1.37 bits per heavy atom. The molecule has 0 fully saturated rings. The van der Waals surface area contributed by atoms with Gasteiger partial charge in [0.05, 0.1) is 0 Å². The van der Waals surface area contributed by atoms with Crippen molar-refractivity contribution < 1.29 is 4.79 Å². The number of nitrogens with one attached hydrogen (secondary N) is 1. The summed E-state index contributed by atoms with van der Waals surface area (Å²) >= 11 is 6.27. The maximum absolute atomic E-state index is 12.7. The van der Waals surface area contributed by atoms with Crippen molar-refractivity contribution in [3.63, 3.8) is 0 Å². The number of carbonyl (C=O) groups is 1. The Bertz CT molecular complexity index is 813. The molecule has 1 amide bonds. The van der Waals surface area contributed by atoms with E-state index in [4.69, 9.17) is 16.7 Å². The third-order valence-corrected chi connectivity index (χ3v) is 5.40. The Hall–Kier alpha value is -1.85. The fraction of sp³-hybridized carbons (Fsp3) is 0.524. The molecule has 3 rings (SSSR count). The Kier molecular flexibility index (Phi) is 6.22. The van der Waals surface area contributed by atoms with Gasteiger partial charge in [-0.25, -0.2) is 0 Å². The van der Waals surface area contributed by atoms with E-state index in [0.717, 1.165) is 48.5 Å². The Morgan fingerprint density at radius 3 is 2.78 bits per heavy atom. The molecule has 146 valence electrons. The molecule has 0 bridgehead atoms. The molecule has 0 radical (unpaired) electrons. The van der Waals surface area contributed by atoms with Crippen molar-refractivity contribution in [2.24, 2.45) is 5.92 Å². The van der Waals surface area contributed by atoms with Gasteiger partial charge in [0.1, 0.15) is 0 Å². The molecule has 1 aromatic carbocycles. The first kappa shape index (κ1) is 19.9. The molecule has 0 aliphatic heterocycles. The van der Waals surface area contributed by atoms with Crippen molar-refractivity contribution >= 4 is 17.5 Å². The summed E-state index contributed by atoms with van der Waals surface area (Å²) < 4.78 is 2.06. The highest BCUT2D eigenvalue weighted by molar-refractivity contribution is 6.31. The number of fused-ring (bicyclic) bond motifs is 1. The second-order valence-electron chi connectivity index (χ2n) is 7.96. The fourth-order valence-corrected chi connectivity index (χ4v) is 3.84. The number of benzene rings is 1. The number of rotatable bonds is 6. The van der Waals surface area contributed by atoms with Gasteiger partial charge in [0, 0.05) is 49.5 Å².